The molecule has 0 saturated heterocycles. The molecule has 0 spiro atoms. The van der Waals surface area contributed by atoms with Crippen LogP contribution in [0.4, 0.5) is 13.2 Å². The molecular formula is C30H31F3N4O2. The molecule has 0 unspecified atom stereocenters. The average molecular weight is 537 g/mol. The first-order valence-electron chi connectivity index (χ1n) is 12.8. The second kappa shape index (κ2) is 13.1. The summed E-state index contributed by atoms with van der Waals surface area (Å²) in [6.45, 7) is 1.62. The summed E-state index contributed by atoms with van der Waals surface area (Å²) in [7, 11) is 1.61. The molecule has 0 aliphatic heterocycles. The number of aromatic amines is 1. The lowest BCUT2D eigenvalue weighted by atomic mass is 9.88. The minimum atomic E-state index is -4.40. The van der Waals surface area contributed by atoms with Gasteiger partial charge in [0.2, 0.25) is 11.8 Å². The molecule has 9 heteroatoms. The number of nitrogens with zero attached hydrogens (tertiary/aromatic N) is 1. The Balaban J connectivity index is 1.59. The Kier molecular flexibility index (Phi) is 9.38. The summed E-state index contributed by atoms with van der Waals surface area (Å²) in [4.78, 5) is 18.8. The first kappa shape index (κ1) is 27.9. The summed E-state index contributed by atoms with van der Waals surface area (Å²) in [6, 6.07) is 19.5. The highest BCUT2D eigenvalue weighted by molar-refractivity contribution is 6.00. The maximum atomic E-state index is 13.9. The van der Waals surface area contributed by atoms with Crippen molar-refractivity contribution in [2.24, 2.45) is 0 Å². The Hall–Kier alpha value is -4.11. The van der Waals surface area contributed by atoms with Crippen LogP contribution in [0.25, 0.3) is 22.0 Å². The van der Waals surface area contributed by atoms with Gasteiger partial charge >= 0.3 is 6.18 Å². The molecule has 204 valence electrons. The van der Waals surface area contributed by atoms with Crippen LogP contribution in [0.3, 0.4) is 0 Å². The highest BCUT2D eigenvalue weighted by atomic mass is 19.4. The lowest BCUT2D eigenvalue weighted by molar-refractivity contribution is -0.123. The van der Waals surface area contributed by atoms with E-state index in [1.54, 1.807) is 61.9 Å². The van der Waals surface area contributed by atoms with E-state index in [2.05, 4.69) is 20.6 Å². The normalized spacial score (nSPS) is 12.3. The zero-order valence-corrected chi connectivity index (χ0v) is 21.6. The predicted molar refractivity (Wildman–Crippen MR) is 147 cm³/mol. The molecule has 0 aliphatic carbocycles. The van der Waals surface area contributed by atoms with Crippen molar-refractivity contribution in [3.63, 3.8) is 0 Å². The van der Waals surface area contributed by atoms with Gasteiger partial charge in [-0.2, -0.15) is 13.2 Å². The van der Waals surface area contributed by atoms with Crippen molar-refractivity contribution in [3.05, 3.63) is 95.8 Å². The number of ether oxygens (including phenoxy) is 1. The number of hydrogen-bond donors (Lipinski definition) is 3. The van der Waals surface area contributed by atoms with E-state index in [4.69, 9.17) is 4.74 Å². The Morgan fingerprint density at radius 2 is 1.77 bits per heavy atom. The third-order valence-corrected chi connectivity index (χ3v) is 6.23. The molecule has 0 fully saturated rings. The molecule has 2 aromatic heterocycles. The zero-order valence-electron chi connectivity index (χ0n) is 21.6. The number of aromatic nitrogens is 2. The van der Waals surface area contributed by atoms with Gasteiger partial charge in [-0.1, -0.05) is 36.4 Å². The fraction of sp³-hybridized carbons (Fsp3) is 0.267. The molecule has 0 radical (unpaired) electrons. The van der Waals surface area contributed by atoms with E-state index < -0.39 is 12.6 Å². The van der Waals surface area contributed by atoms with Crippen LogP contribution in [0.2, 0.25) is 0 Å². The average Bonchev–Trinajstić information content (AvgIpc) is 3.41. The molecule has 6 nitrogen and oxygen atoms in total. The maximum absolute atomic E-state index is 13.9. The smallest absolute Gasteiger partial charge is 0.393 e. The number of pyridine rings is 1. The SMILES string of the molecule is CNC(=O)CCCNCCOc1ccc(C(=C(CC(F)(F)F)c2ccccc2)c2ccc3[nH]ccc3c2)cn1. The number of allylic oxidation sites excluding steroid dienone is 1. The number of carbonyl (C=O) groups is 1. The van der Waals surface area contributed by atoms with Crippen LogP contribution in [0.5, 0.6) is 5.88 Å². The molecule has 4 rings (SSSR count). The van der Waals surface area contributed by atoms with Gasteiger partial charge in [-0.15, -0.1) is 0 Å². The van der Waals surface area contributed by atoms with Crippen LogP contribution in [0.1, 0.15) is 36.0 Å². The van der Waals surface area contributed by atoms with Crippen molar-refractivity contribution in [2.75, 3.05) is 26.7 Å². The molecule has 2 heterocycles. The molecule has 39 heavy (non-hydrogen) atoms. The van der Waals surface area contributed by atoms with E-state index in [0.717, 1.165) is 17.3 Å². The minimum Gasteiger partial charge on any atom is -0.476 e. The van der Waals surface area contributed by atoms with Gasteiger partial charge in [0, 0.05) is 49.6 Å². The van der Waals surface area contributed by atoms with Crippen molar-refractivity contribution < 1.29 is 22.7 Å². The van der Waals surface area contributed by atoms with Crippen LogP contribution < -0.4 is 15.4 Å². The number of nitrogens with one attached hydrogen (secondary N) is 3. The number of H-pyrrole nitrogens is 1. The van der Waals surface area contributed by atoms with Crippen molar-refractivity contribution in [3.8, 4) is 5.88 Å². The zero-order chi connectivity index (χ0) is 27.7. The topological polar surface area (TPSA) is 79.0 Å². The molecule has 0 atom stereocenters. The third-order valence-electron chi connectivity index (χ3n) is 6.23. The summed E-state index contributed by atoms with van der Waals surface area (Å²) in [6.07, 6.45) is -0.949. The molecule has 0 bridgehead atoms. The lowest BCUT2D eigenvalue weighted by Gasteiger charge is -2.19. The fourth-order valence-corrected chi connectivity index (χ4v) is 4.36. The van der Waals surface area contributed by atoms with E-state index in [1.165, 1.54) is 0 Å². The fourth-order valence-electron chi connectivity index (χ4n) is 4.36. The highest BCUT2D eigenvalue weighted by Gasteiger charge is 2.31. The van der Waals surface area contributed by atoms with E-state index in [0.29, 0.717) is 54.3 Å². The van der Waals surface area contributed by atoms with E-state index >= 15 is 0 Å². The van der Waals surface area contributed by atoms with Gasteiger partial charge in [0.1, 0.15) is 6.61 Å². The predicted octanol–water partition coefficient (Wildman–Crippen LogP) is 5.97. The van der Waals surface area contributed by atoms with Crippen LogP contribution >= 0.6 is 0 Å². The molecular weight excluding hydrogens is 505 g/mol. The second-order valence-corrected chi connectivity index (χ2v) is 9.05. The summed E-state index contributed by atoms with van der Waals surface area (Å²) >= 11 is 0. The molecule has 1 amide bonds. The Bertz CT molecular complexity index is 1400. The van der Waals surface area contributed by atoms with E-state index in [1.807, 2.05) is 24.3 Å². The summed E-state index contributed by atoms with van der Waals surface area (Å²) < 4.78 is 47.3. The standard InChI is InChI=1S/C30H31F3N4O2/c1-34-27(38)8-5-14-35-16-17-39-28-12-10-24(20-37-28)29(23-9-11-26-22(18-23)13-15-36-26)25(19-30(31,32)33)21-6-3-2-4-7-21/h2-4,6-7,9-13,15,18,20,35-36H,5,8,14,16-17,19H2,1H3,(H,34,38). The minimum absolute atomic E-state index is 0.00411. The van der Waals surface area contributed by atoms with Crippen molar-refractivity contribution in [1.29, 1.82) is 0 Å². The number of rotatable bonds is 12. The third kappa shape index (κ3) is 7.94. The van der Waals surface area contributed by atoms with Crippen LogP contribution in [0.15, 0.2) is 79.1 Å². The van der Waals surface area contributed by atoms with Crippen LogP contribution in [-0.2, 0) is 4.79 Å². The Morgan fingerprint density at radius 3 is 2.49 bits per heavy atom. The molecule has 0 aliphatic rings. The summed E-state index contributed by atoms with van der Waals surface area (Å²) in [5.74, 6) is 0.382. The van der Waals surface area contributed by atoms with Crippen molar-refractivity contribution in [2.45, 2.75) is 25.4 Å². The summed E-state index contributed by atoms with van der Waals surface area (Å²) in [5.41, 5.74) is 3.28. The van der Waals surface area contributed by atoms with Gasteiger partial charge in [-0.05, 0) is 64.9 Å². The van der Waals surface area contributed by atoms with Gasteiger partial charge in [0.25, 0.3) is 0 Å². The highest BCUT2D eigenvalue weighted by Crippen LogP contribution is 2.40. The molecule has 0 saturated carbocycles. The monoisotopic (exact) mass is 536 g/mol. The van der Waals surface area contributed by atoms with Gasteiger partial charge in [-0.25, -0.2) is 4.98 Å². The number of halogens is 3. The number of benzene rings is 2. The Morgan fingerprint density at radius 1 is 0.974 bits per heavy atom. The largest absolute Gasteiger partial charge is 0.476 e. The first-order chi connectivity index (χ1) is 18.8. The van der Waals surface area contributed by atoms with Crippen LogP contribution in [-0.4, -0.2) is 48.8 Å². The molecule has 3 N–H and O–H groups in total. The number of hydrogen-bond acceptors (Lipinski definition) is 4. The maximum Gasteiger partial charge on any atom is 0.393 e. The second-order valence-electron chi connectivity index (χ2n) is 9.05. The van der Waals surface area contributed by atoms with Gasteiger partial charge in [0.05, 0.1) is 6.42 Å². The number of fused-ring (bicyclic) bond motifs is 1. The van der Waals surface area contributed by atoms with E-state index in [-0.39, 0.29) is 11.5 Å². The lowest BCUT2D eigenvalue weighted by Crippen LogP contribution is -2.24. The molecule has 4 aromatic rings. The van der Waals surface area contributed by atoms with E-state index in [9.17, 15) is 18.0 Å². The number of carbonyl (C=O) groups excluding carboxylic acids is 1. The van der Waals surface area contributed by atoms with Gasteiger partial charge < -0.3 is 20.4 Å². The summed E-state index contributed by atoms with van der Waals surface area (Å²) in [5, 5.41) is 6.69. The molecule has 2 aromatic carbocycles. The van der Waals surface area contributed by atoms with Gasteiger partial charge in [0.15, 0.2) is 0 Å². The Labute approximate surface area is 225 Å². The van der Waals surface area contributed by atoms with Gasteiger partial charge in [-0.3, -0.25) is 4.79 Å². The quantitative estimate of drug-likeness (QED) is 0.154. The van der Waals surface area contributed by atoms with Crippen LogP contribution in [0, 0.1) is 0 Å². The van der Waals surface area contributed by atoms with Crippen molar-refractivity contribution in [1.82, 2.24) is 20.6 Å². The first-order valence-corrected chi connectivity index (χ1v) is 12.8. The number of alkyl halides is 3. The number of amides is 1. The van der Waals surface area contributed by atoms with Crippen molar-refractivity contribution >= 4 is 28.0 Å².